The lowest BCUT2D eigenvalue weighted by atomic mass is 10.1. The van der Waals surface area contributed by atoms with Gasteiger partial charge in [-0.1, -0.05) is 78.6 Å². The molecule has 2 heteroatoms. The molecule has 0 N–H and O–H groups in total. The molecule has 0 aliphatic carbocycles. The van der Waals surface area contributed by atoms with Gasteiger partial charge < -0.3 is 9.13 Å². The summed E-state index contributed by atoms with van der Waals surface area (Å²) in [6.45, 7) is 0. The number of benzene rings is 5. The van der Waals surface area contributed by atoms with E-state index in [0.717, 1.165) is 0 Å². The third-order valence-corrected chi connectivity index (χ3v) is 5.66. The van der Waals surface area contributed by atoms with Crippen molar-refractivity contribution in [2.75, 3.05) is 0 Å². The van der Waals surface area contributed by atoms with E-state index in [-0.39, 0.29) is 27.5 Å². The Morgan fingerprint density at radius 3 is 1.84 bits per heavy atom. The van der Waals surface area contributed by atoms with Gasteiger partial charge in [-0.05, 0) is 42.4 Å². The van der Waals surface area contributed by atoms with Crippen molar-refractivity contribution < 1.29 is 17.8 Å². The Balaban J connectivity index is 1.78. The number of rotatable bonds is 2. The highest BCUT2D eigenvalue weighted by molar-refractivity contribution is 6.16. The van der Waals surface area contributed by atoms with Gasteiger partial charge >= 0.3 is 0 Å². The zero-order valence-electron chi connectivity index (χ0n) is 29.4. The quantitative estimate of drug-likeness (QED) is 0.269. The molecule has 0 bridgehead atoms. The maximum atomic E-state index is 8.89. The van der Waals surface area contributed by atoms with Gasteiger partial charge in [-0.3, -0.25) is 0 Å². The molecule has 2 heterocycles. The maximum Gasteiger partial charge on any atom is 0.0645 e. The molecule has 0 amide bonds. The molecule has 0 aliphatic heterocycles. The van der Waals surface area contributed by atoms with E-state index in [1.54, 1.807) is 47.0 Å². The van der Waals surface area contributed by atoms with Crippen LogP contribution in [0.25, 0.3) is 55.0 Å². The van der Waals surface area contributed by atoms with Crippen LogP contribution in [0, 0.1) is 0 Å². The first-order chi connectivity index (χ1) is 21.3. The minimum atomic E-state index is -0.546. The highest BCUT2D eigenvalue weighted by Crippen LogP contribution is 2.39. The van der Waals surface area contributed by atoms with Crippen LogP contribution in [0.2, 0.25) is 0 Å². The van der Waals surface area contributed by atoms with Crippen molar-refractivity contribution >= 4 is 43.6 Å². The lowest BCUT2D eigenvalue weighted by molar-refractivity contribution is 1.17. The fourth-order valence-corrected chi connectivity index (χ4v) is 4.44. The zero-order valence-corrected chi connectivity index (χ0v) is 16.4. The average molecular weight is 422 g/mol. The van der Waals surface area contributed by atoms with Crippen LogP contribution < -0.4 is 0 Å². The maximum absolute atomic E-state index is 8.89. The molecule has 0 radical (unpaired) electrons. The molecular weight excluding hydrogens is 388 g/mol. The monoisotopic (exact) mass is 421 g/mol. The molecule has 2 nitrogen and oxygen atoms in total. The second kappa shape index (κ2) is 6.60. The van der Waals surface area contributed by atoms with Crippen LogP contribution in [0.4, 0.5) is 0 Å². The molecule has 0 fully saturated rings. The van der Waals surface area contributed by atoms with E-state index in [0.29, 0.717) is 27.5 Å². The number of hydrogen-bond acceptors (Lipinski definition) is 0. The van der Waals surface area contributed by atoms with Gasteiger partial charge in [0.05, 0.1) is 45.6 Å². The summed E-state index contributed by atoms with van der Waals surface area (Å²) in [5.74, 6) is 0. The van der Waals surface area contributed by atoms with Crippen molar-refractivity contribution in [2.45, 2.75) is 0 Å². The van der Waals surface area contributed by atoms with Crippen LogP contribution in [0.5, 0.6) is 0 Å². The molecule has 32 heavy (non-hydrogen) atoms. The normalized spacial score (nSPS) is 17.4. The Kier molecular flexibility index (Phi) is 1.87. The summed E-state index contributed by atoms with van der Waals surface area (Å²) in [7, 11) is 0. The number of nitrogens with zero attached hydrogens (tertiary/aromatic N) is 2. The first-order valence-corrected chi connectivity index (χ1v) is 9.91. The van der Waals surface area contributed by atoms with Crippen LogP contribution in [-0.2, 0) is 0 Å². The third-order valence-electron chi connectivity index (χ3n) is 5.66. The van der Waals surface area contributed by atoms with E-state index in [4.69, 9.17) is 17.8 Å². The van der Waals surface area contributed by atoms with Gasteiger partial charge in [-0.15, -0.1) is 0 Å². The van der Waals surface area contributed by atoms with E-state index >= 15 is 0 Å². The Hall–Kier alpha value is -4.30. The van der Waals surface area contributed by atoms with E-state index in [9.17, 15) is 0 Å². The minimum Gasteiger partial charge on any atom is -0.309 e. The van der Waals surface area contributed by atoms with Gasteiger partial charge in [0.15, 0.2) is 0 Å². The SMILES string of the molecule is [2H]c1c([2H])c([2H])c(-n2c3ccccc3c3c(-n4c5c([2H])c([2H])c([2H])c([2H])c5c5c([2H])c([2H])c([2H])c([2H])c54)cccc32)c([2H])c1[2H]. The van der Waals surface area contributed by atoms with Crippen LogP contribution in [0.3, 0.4) is 0 Å². The Morgan fingerprint density at radius 2 is 1.09 bits per heavy atom. The second-order valence-electron chi connectivity index (χ2n) is 7.28. The predicted molar refractivity (Wildman–Crippen MR) is 135 cm³/mol. The largest absolute Gasteiger partial charge is 0.309 e. The summed E-state index contributed by atoms with van der Waals surface area (Å²) in [6, 6.07) is 5.61. The minimum absolute atomic E-state index is 0.0462. The van der Waals surface area contributed by atoms with E-state index in [1.807, 2.05) is 0 Å². The summed E-state index contributed by atoms with van der Waals surface area (Å²) in [5, 5.41) is 0.925. The fourth-order valence-electron chi connectivity index (χ4n) is 4.44. The molecule has 7 rings (SSSR count). The van der Waals surface area contributed by atoms with E-state index in [2.05, 4.69) is 0 Å². The Labute approximate surface area is 203 Å². The predicted octanol–water partition coefficient (Wildman–Crippen LogP) is 7.88. The second-order valence-corrected chi connectivity index (χ2v) is 7.28. The molecule has 0 aliphatic rings. The Bertz CT molecular complexity index is 2370. The first kappa shape index (κ1) is 9.05. The van der Waals surface area contributed by atoms with Gasteiger partial charge in [0, 0.05) is 27.2 Å². The standard InChI is InChI=1S/C30H20N2/c1-2-11-21(12-3-1)31-27-18-9-6-15-24(27)30-28(31)19-10-20-29(30)32-25-16-7-4-13-22(25)23-14-5-8-17-26(23)32/h1-20H/i1D,2D,3D,4D,5D,7D,8D,11D,12D,13D,14D,16D,17D. The summed E-state index contributed by atoms with van der Waals surface area (Å²) < 4.78 is 114. The van der Waals surface area contributed by atoms with Crippen molar-refractivity contribution in [2.24, 2.45) is 0 Å². The molecule has 0 saturated heterocycles. The molecular formula is C30H20N2. The number of fused-ring (bicyclic) bond motifs is 6. The lowest BCUT2D eigenvalue weighted by Crippen LogP contribution is -1.96. The van der Waals surface area contributed by atoms with Crippen molar-refractivity contribution in [3.63, 3.8) is 0 Å². The summed E-state index contributed by atoms with van der Waals surface area (Å²) in [4.78, 5) is 0. The highest BCUT2D eigenvalue weighted by Gasteiger charge is 2.18. The first-order valence-electron chi connectivity index (χ1n) is 16.4. The lowest BCUT2D eigenvalue weighted by Gasteiger charge is -2.11. The Morgan fingerprint density at radius 1 is 0.469 bits per heavy atom. The third kappa shape index (κ3) is 2.29. The van der Waals surface area contributed by atoms with Gasteiger partial charge in [0.1, 0.15) is 0 Å². The molecule has 150 valence electrons. The van der Waals surface area contributed by atoms with Gasteiger partial charge in [0.2, 0.25) is 0 Å². The topological polar surface area (TPSA) is 9.86 Å². The molecule has 7 aromatic rings. The molecule has 5 aromatic carbocycles. The fraction of sp³-hybridized carbons (Fsp3) is 0. The van der Waals surface area contributed by atoms with E-state index < -0.39 is 78.6 Å². The average Bonchev–Trinajstić information content (AvgIpc) is 3.57. The van der Waals surface area contributed by atoms with E-state index in [1.165, 1.54) is 4.57 Å². The van der Waals surface area contributed by atoms with Crippen LogP contribution in [0.15, 0.2) is 121 Å². The molecule has 2 aromatic heterocycles. The molecule has 0 spiro atoms. The zero-order chi connectivity index (χ0) is 32.4. The van der Waals surface area contributed by atoms with Crippen molar-refractivity contribution in [3.05, 3.63) is 121 Å². The number of hydrogen-bond donors (Lipinski definition) is 0. The smallest absolute Gasteiger partial charge is 0.0645 e. The van der Waals surface area contributed by atoms with Crippen molar-refractivity contribution in [1.29, 1.82) is 0 Å². The molecule has 0 saturated carbocycles. The number of aromatic nitrogens is 2. The molecule has 0 unspecified atom stereocenters. The van der Waals surface area contributed by atoms with Gasteiger partial charge in [-0.2, -0.15) is 0 Å². The summed E-state index contributed by atoms with van der Waals surface area (Å²) in [5.41, 5.74) is 1.03. The highest BCUT2D eigenvalue weighted by atomic mass is 15.0. The number of para-hydroxylation sites is 4. The van der Waals surface area contributed by atoms with Crippen LogP contribution >= 0.6 is 0 Å². The van der Waals surface area contributed by atoms with Crippen LogP contribution in [0.1, 0.15) is 17.8 Å². The molecule has 0 atom stereocenters. The summed E-state index contributed by atoms with van der Waals surface area (Å²) >= 11 is 0. The van der Waals surface area contributed by atoms with Gasteiger partial charge in [-0.25, -0.2) is 0 Å². The van der Waals surface area contributed by atoms with Gasteiger partial charge in [0.25, 0.3) is 0 Å². The summed E-state index contributed by atoms with van der Waals surface area (Å²) in [6.07, 6.45) is 0. The van der Waals surface area contributed by atoms with Crippen molar-refractivity contribution in [3.8, 4) is 11.4 Å². The van der Waals surface area contributed by atoms with Crippen LogP contribution in [-0.4, -0.2) is 9.13 Å². The van der Waals surface area contributed by atoms with Crippen molar-refractivity contribution in [1.82, 2.24) is 9.13 Å².